The van der Waals surface area contributed by atoms with Crippen LogP contribution in [0.3, 0.4) is 0 Å². The first kappa shape index (κ1) is 17.9. The molecule has 136 valence electrons. The Morgan fingerprint density at radius 2 is 1.88 bits per heavy atom. The van der Waals surface area contributed by atoms with Gasteiger partial charge in [0.25, 0.3) is 0 Å². The highest BCUT2D eigenvalue weighted by Crippen LogP contribution is 2.42. The fourth-order valence-electron chi connectivity index (χ4n) is 2.80. The average Bonchev–Trinajstić information content (AvgIpc) is 3.07. The predicted octanol–water partition coefficient (Wildman–Crippen LogP) is 5.32. The summed E-state index contributed by atoms with van der Waals surface area (Å²) >= 11 is 0. The minimum absolute atomic E-state index is 0.0687. The molecule has 0 atom stereocenters. The monoisotopic (exact) mass is 354 g/mol. The van der Waals surface area contributed by atoms with Crippen LogP contribution in [0.4, 0.5) is 0 Å². The van der Waals surface area contributed by atoms with Crippen LogP contribution in [0.15, 0.2) is 61.4 Å². The molecule has 0 unspecified atom stereocenters. The van der Waals surface area contributed by atoms with E-state index in [4.69, 9.17) is 13.6 Å². The molecule has 0 saturated heterocycles. The van der Waals surface area contributed by atoms with Crippen LogP contribution < -0.4 is 10.4 Å². The third-order valence-corrected chi connectivity index (χ3v) is 4.17. The second-order valence-corrected chi connectivity index (χ2v) is 6.52. The van der Waals surface area contributed by atoms with Crippen LogP contribution in [0.2, 0.25) is 0 Å². The summed E-state index contributed by atoms with van der Waals surface area (Å²) in [5.74, 6) is 0.331. The minimum atomic E-state index is -0.542. The first-order chi connectivity index (χ1) is 12.5. The molecule has 5 heteroatoms. The largest absolute Gasteiger partial charge is 0.502 e. The van der Waals surface area contributed by atoms with Crippen molar-refractivity contribution in [1.82, 2.24) is 0 Å². The highest BCUT2D eigenvalue weighted by atomic mass is 16.5. The molecule has 0 fully saturated rings. The number of ether oxygens (including phenoxy) is 1. The van der Waals surface area contributed by atoms with Gasteiger partial charge in [-0.15, -0.1) is 0 Å². The van der Waals surface area contributed by atoms with E-state index in [0.717, 1.165) is 12.8 Å². The lowest BCUT2D eigenvalue weighted by molar-refractivity contribution is 0.368. The van der Waals surface area contributed by atoms with Crippen molar-refractivity contribution in [1.29, 1.82) is 0 Å². The van der Waals surface area contributed by atoms with E-state index in [1.807, 2.05) is 6.08 Å². The molecule has 0 spiro atoms. The van der Waals surface area contributed by atoms with E-state index in [9.17, 15) is 9.90 Å². The summed E-state index contributed by atoms with van der Waals surface area (Å²) < 4.78 is 16.4. The van der Waals surface area contributed by atoms with Crippen molar-refractivity contribution in [3.63, 3.8) is 0 Å². The number of hydrogen-bond donors (Lipinski definition) is 1. The fraction of sp³-hybridized carbons (Fsp3) is 0.286. The molecule has 0 amide bonds. The van der Waals surface area contributed by atoms with Gasteiger partial charge in [-0.05, 0) is 51.8 Å². The Labute approximate surface area is 151 Å². The molecule has 3 rings (SSSR count). The van der Waals surface area contributed by atoms with Crippen molar-refractivity contribution in [2.45, 2.75) is 33.6 Å². The molecular weight excluding hydrogens is 332 g/mol. The van der Waals surface area contributed by atoms with Gasteiger partial charge in [-0.25, -0.2) is 4.79 Å². The molecule has 0 aliphatic heterocycles. The van der Waals surface area contributed by atoms with Gasteiger partial charge in [0.05, 0.1) is 17.0 Å². The second kappa shape index (κ2) is 7.52. The Balaban J connectivity index is 1.89. The Hall–Kier alpha value is -2.95. The molecule has 0 radical (unpaired) electrons. The summed E-state index contributed by atoms with van der Waals surface area (Å²) in [4.78, 5) is 11.5. The Morgan fingerprint density at radius 1 is 1.12 bits per heavy atom. The van der Waals surface area contributed by atoms with E-state index < -0.39 is 5.63 Å². The fourth-order valence-corrected chi connectivity index (χ4v) is 2.80. The molecule has 2 aromatic heterocycles. The van der Waals surface area contributed by atoms with E-state index in [0.29, 0.717) is 23.1 Å². The van der Waals surface area contributed by atoms with Crippen LogP contribution in [0.25, 0.3) is 21.9 Å². The lowest BCUT2D eigenvalue weighted by atomic mass is 10.1. The van der Waals surface area contributed by atoms with Gasteiger partial charge >= 0.3 is 5.63 Å². The Bertz CT molecular complexity index is 1050. The zero-order valence-electron chi connectivity index (χ0n) is 15.2. The van der Waals surface area contributed by atoms with Crippen molar-refractivity contribution in [3.05, 3.63) is 58.2 Å². The first-order valence-corrected chi connectivity index (χ1v) is 8.55. The molecule has 0 saturated carbocycles. The lowest BCUT2D eigenvalue weighted by Gasteiger charge is -2.10. The van der Waals surface area contributed by atoms with Crippen LogP contribution in [-0.2, 0) is 0 Å². The Kier molecular flexibility index (Phi) is 5.16. The van der Waals surface area contributed by atoms with Crippen LogP contribution in [0, 0.1) is 0 Å². The molecule has 0 aliphatic carbocycles. The van der Waals surface area contributed by atoms with Gasteiger partial charge in [-0.1, -0.05) is 17.2 Å². The molecule has 3 aromatic rings. The maximum atomic E-state index is 11.5. The standard InChI is InChI=1S/C21H22O5/c1-13(2)5-4-6-14(3)9-11-24-19-15-7-8-17(22)26-21(15)18(23)20-16(19)10-12-25-20/h5,7-10,12,23H,4,6,11H2,1-3H3/b14-9+. The number of fused-ring (bicyclic) bond motifs is 2. The van der Waals surface area contributed by atoms with Gasteiger partial charge in [0.2, 0.25) is 5.75 Å². The van der Waals surface area contributed by atoms with Crippen molar-refractivity contribution in [2.24, 2.45) is 0 Å². The van der Waals surface area contributed by atoms with Crippen LogP contribution >= 0.6 is 0 Å². The van der Waals surface area contributed by atoms with E-state index in [2.05, 4.69) is 26.8 Å². The van der Waals surface area contributed by atoms with Crippen LogP contribution in [-0.4, -0.2) is 11.7 Å². The molecular formula is C21H22O5. The normalized spacial score (nSPS) is 11.9. The molecule has 1 N–H and O–H groups in total. The average molecular weight is 354 g/mol. The predicted molar refractivity (Wildman–Crippen MR) is 102 cm³/mol. The van der Waals surface area contributed by atoms with Gasteiger partial charge in [0.15, 0.2) is 11.2 Å². The molecule has 26 heavy (non-hydrogen) atoms. The summed E-state index contributed by atoms with van der Waals surface area (Å²) in [6.45, 7) is 6.63. The Morgan fingerprint density at radius 3 is 2.65 bits per heavy atom. The summed E-state index contributed by atoms with van der Waals surface area (Å²) in [6.07, 6.45) is 7.69. The minimum Gasteiger partial charge on any atom is -0.502 e. The molecule has 2 heterocycles. The third kappa shape index (κ3) is 3.67. The summed E-state index contributed by atoms with van der Waals surface area (Å²) in [6, 6.07) is 4.62. The van der Waals surface area contributed by atoms with E-state index in [1.165, 1.54) is 23.5 Å². The van der Waals surface area contributed by atoms with Crippen molar-refractivity contribution >= 4 is 21.9 Å². The molecule has 0 bridgehead atoms. The van der Waals surface area contributed by atoms with E-state index in [1.54, 1.807) is 12.1 Å². The third-order valence-electron chi connectivity index (χ3n) is 4.17. The highest BCUT2D eigenvalue weighted by Gasteiger charge is 2.19. The van der Waals surface area contributed by atoms with Gasteiger partial charge in [0.1, 0.15) is 12.4 Å². The number of aromatic hydroxyl groups is 1. The van der Waals surface area contributed by atoms with Crippen LogP contribution in [0.5, 0.6) is 11.5 Å². The quantitative estimate of drug-likeness (QED) is 0.479. The van der Waals surface area contributed by atoms with Crippen molar-refractivity contribution in [3.8, 4) is 11.5 Å². The number of furan rings is 1. The van der Waals surface area contributed by atoms with Gasteiger partial charge < -0.3 is 18.7 Å². The molecule has 1 aromatic carbocycles. The smallest absolute Gasteiger partial charge is 0.336 e. The summed E-state index contributed by atoms with van der Waals surface area (Å²) in [5.41, 5.74) is 2.32. The highest BCUT2D eigenvalue weighted by molar-refractivity contribution is 6.06. The van der Waals surface area contributed by atoms with Crippen molar-refractivity contribution < 1.29 is 18.7 Å². The maximum absolute atomic E-state index is 11.5. The topological polar surface area (TPSA) is 72.8 Å². The number of benzene rings is 1. The summed E-state index contributed by atoms with van der Waals surface area (Å²) in [7, 11) is 0. The SMILES string of the molecule is CC(C)=CCC/C(C)=C/COc1c2ccoc2c(O)c2oc(=O)ccc12. The number of phenolic OH excluding ortho intramolecular Hbond substituents is 1. The number of allylic oxidation sites excluding steroid dienone is 3. The van der Waals surface area contributed by atoms with Crippen LogP contribution in [0.1, 0.15) is 33.6 Å². The van der Waals surface area contributed by atoms with Gasteiger partial charge in [-0.3, -0.25) is 0 Å². The first-order valence-electron chi connectivity index (χ1n) is 8.55. The number of phenols is 1. The van der Waals surface area contributed by atoms with E-state index in [-0.39, 0.29) is 16.9 Å². The van der Waals surface area contributed by atoms with Gasteiger partial charge in [-0.2, -0.15) is 0 Å². The second-order valence-electron chi connectivity index (χ2n) is 6.52. The molecule has 5 nitrogen and oxygen atoms in total. The summed E-state index contributed by atoms with van der Waals surface area (Å²) in [5, 5.41) is 11.5. The zero-order chi connectivity index (χ0) is 18.7. The zero-order valence-corrected chi connectivity index (χ0v) is 15.2. The maximum Gasteiger partial charge on any atom is 0.336 e. The lowest BCUT2D eigenvalue weighted by Crippen LogP contribution is -1.99. The van der Waals surface area contributed by atoms with E-state index >= 15 is 0 Å². The van der Waals surface area contributed by atoms with Crippen molar-refractivity contribution in [2.75, 3.05) is 6.61 Å². The molecule has 0 aliphatic rings. The number of rotatable bonds is 6. The number of hydrogen-bond acceptors (Lipinski definition) is 5. The van der Waals surface area contributed by atoms with Gasteiger partial charge in [0, 0.05) is 6.07 Å².